The van der Waals surface area contributed by atoms with Crippen LogP contribution in [0.4, 0.5) is 0 Å². The van der Waals surface area contributed by atoms with Gasteiger partial charge in [-0.25, -0.2) is 0 Å². The molecule has 7 heteroatoms. The van der Waals surface area contributed by atoms with Crippen molar-refractivity contribution in [3.8, 4) is 28.7 Å². The molecule has 2 aromatic carbocycles. The maximum atomic E-state index is 13.6. The van der Waals surface area contributed by atoms with Crippen LogP contribution in [0.2, 0.25) is 0 Å². The Morgan fingerprint density at radius 1 is 1.10 bits per heavy atom. The van der Waals surface area contributed by atoms with Crippen LogP contribution < -0.4 is 23.7 Å². The van der Waals surface area contributed by atoms with Gasteiger partial charge in [0.15, 0.2) is 23.2 Å². The molecule has 0 aromatic heterocycles. The fraction of sp³-hybridized carbons (Fsp3) is 0.348. The molecule has 0 bridgehead atoms. The number of ether oxygens (including phenoxy) is 5. The largest absolute Gasteiger partial charge is 0.493 e. The number of carbonyl (C=O) groups excluding carboxylic acids is 1. The number of aliphatic hydroxyl groups is 1. The van der Waals surface area contributed by atoms with Crippen LogP contribution >= 0.6 is 0 Å². The van der Waals surface area contributed by atoms with Gasteiger partial charge in [-0.1, -0.05) is 0 Å². The quantitative estimate of drug-likeness (QED) is 0.814. The van der Waals surface area contributed by atoms with E-state index in [0.717, 1.165) is 0 Å². The first-order valence-electron chi connectivity index (χ1n) is 9.67. The SMILES string of the molecule is COc1cc2c(cc1OC)[C@@]1(O)C(=O)c3ccc4c(c3O[C@H]1CO2)C=CC(C)(C)O4. The lowest BCUT2D eigenvalue weighted by molar-refractivity contribution is -0.0802. The van der Waals surface area contributed by atoms with E-state index in [1.807, 2.05) is 26.0 Å². The summed E-state index contributed by atoms with van der Waals surface area (Å²) >= 11 is 0. The third kappa shape index (κ3) is 2.45. The van der Waals surface area contributed by atoms with Crippen molar-refractivity contribution in [3.05, 3.63) is 47.0 Å². The Balaban J connectivity index is 1.66. The van der Waals surface area contributed by atoms with E-state index in [4.69, 9.17) is 23.7 Å². The number of hydrogen-bond donors (Lipinski definition) is 1. The van der Waals surface area contributed by atoms with Gasteiger partial charge in [0.2, 0.25) is 5.78 Å². The molecule has 0 fully saturated rings. The molecular weight excluding hydrogens is 388 g/mol. The van der Waals surface area contributed by atoms with Crippen molar-refractivity contribution in [2.45, 2.75) is 31.2 Å². The third-order valence-corrected chi connectivity index (χ3v) is 5.78. The summed E-state index contributed by atoms with van der Waals surface area (Å²) in [6.07, 6.45) is 2.88. The maximum absolute atomic E-state index is 13.6. The van der Waals surface area contributed by atoms with Gasteiger partial charge >= 0.3 is 0 Å². The molecule has 2 aromatic rings. The highest BCUT2D eigenvalue weighted by Gasteiger charge is 2.56. The van der Waals surface area contributed by atoms with Crippen LogP contribution in [-0.2, 0) is 5.60 Å². The molecule has 7 nitrogen and oxygen atoms in total. The molecule has 1 N–H and O–H groups in total. The van der Waals surface area contributed by atoms with Gasteiger partial charge in [0.25, 0.3) is 0 Å². The van der Waals surface area contributed by atoms with Crippen LogP contribution in [0.15, 0.2) is 30.3 Å². The molecule has 3 aliphatic rings. The lowest BCUT2D eigenvalue weighted by atomic mass is 9.77. The Morgan fingerprint density at radius 2 is 1.83 bits per heavy atom. The lowest BCUT2D eigenvalue weighted by Gasteiger charge is -2.44. The molecule has 0 unspecified atom stereocenters. The second-order valence-electron chi connectivity index (χ2n) is 8.11. The first-order valence-corrected chi connectivity index (χ1v) is 9.67. The fourth-order valence-electron chi connectivity index (χ4n) is 4.21. The minimum absolute atomic E-state index is 0.00386. The van der Waals surface area contributed by atoms with E-state index in [1.165, 1.54) is 14.2 Å². The normalized spacial score (nSPS) is 24.8. The van der Waals surface area contributed by atoms with E-state index in [1.54, 1.807) is 24.3 Å². The first kappa shape index (κ1) is 18.8. The number of carbonyl (C=O) groups is 1. The summed E-state index contributed by atoms with van der Waals surface area (Å²) in [5.74, 6) is 1.76. The second-order valence-corrected chi connectivity index (χ2v) is 8.11. The van der Waals surface area contributed by atoms with Crippen LogP contribution in [0.25, 0.3) is 6.08 Å². The topological polar surface area (TPSA) is 83.5 Å². The van der Waals surface area contributed by atoms with Crippen LogP contribution in [0.3, 0.4) is 0 Å². The zero-order chi connectivity index (χ0) is 21.3. The van der Waals surface area contributed by atoms with Crippen molar-refractivity contribution >= 4 is 11.9 Å². The molecule has 0 amide bonds. The number of methoxy groups -OCH3 is 2. The minimum Gasteiger partial charge on any atom is -0.493 e. The van der Waals surface area contributed by atoms with E-state index < -0.39 is 23.1 Å². The number of ketones is 1. The summed E-state index contributed by atoms with van der Waals surface area (Å²) in [7, 11) is 3.00. The number of benzene rings is 2. The van der Waals surface area contributed by atoms with Crippen molar-refractivity contribution in [1.29, 1.82) is 0 Å². The summed E-state index contributed by atoms with van der Waals surface area (Å²) in [5.41, 5.74) is -1.10. The predicted octanol–water partition coefficient (Wildman–Crippen LogP) is 3.11. The van der Waals surface area contributed by atoms with Crippen molar-refractivity contribution < 1.29 is 33.6 Å². The third-order valence-electron chi connectivity index (χ3n) is 5.78. The maximum Gasteiger partial charge on any atom is 0.206 e. The summed E-state index contributed by atoms with van der Waals surface area (Å²) in [6, 6.07) is 6.54. The molecule has 0 radical (unpaired) electrons. The zero-order valence-corrected chi connectivity index (χ0v) is 17.1. The molecule has 5 rings (SSSR count). The van der Waals surface area contributed by atoms with Crippen LogP contribution in [-0.4, -0.2) is 43.4 Å². The summed E-state index contributed by atoms with van der Waals surface area (Å²) in [5, 5.41) is 11.6. The van der Waals surface area contributed by atoms with E-state index >= 15 is 0 Å². The molecule has 0 aliphatic carbocycles. The van der Waals surface area contributed by atoms with Gasteiger partial charge in [0, 0.05) is 11.6 Å². The minimum atomic E-state index is -1.91. The standard InChI is InChI=1S/C23H22O7/c1-22(2)8-7-12-15(30-22)6-5-13-20(12)29-19-11-28-16-10-18(27-4)17(26-3)9-14(16)23(19,25)21(13)24/h5-10,19,25H,11H2,1-4H3/t19-,23-/m0/s1. The summed E-state index contributed by atoms with van der Waals surface area (Å²) in [4.78, 5) is 13.6. The highest BCUT2D eigenvalue weighted by atomic mass is 16.6. The Morgan fingerprint density at radius 3 is 2.57 bits per heavy atom. The second kappa shape index (κ2) is 6.15. The van der Waals surface area contributed by atoms with Gasteiger partial charge in [0.05, 0.1) is 25.3 Å². The number of fused-ring (bicyclic) bond motifs is 6. The molecule has 3 heterocycles. The highest BCUT2D eigenvalue weighted by molar-refractivity contribution is 6.08. The van der Waals surface area contributed by atoms with Gasteiger partial charge in [-0.15, -0.1) is 0 Å². The lowest BCUT2D eigenvalue weighted by Crippen LogP contribution is -2.57. The van der Waals surface area contributed by atoms with Crippen molar-refractivity contribution in [2.24, 2.45) is 0 Å². The summed E-state index contributed by atoms with van der Waals surface area (Å²) < 4.78 is 28.6. The Hall–Kier alpha value is -3.19. The molecule has 0 saturated carbocycles. The van der Waals surface area contributed by atoms with E-state index in [0.29, 0.717) is 39.9 Å². The van der Waals surface area contributed by atoms with Crippen LogP contribution in [0.5, 0.6) is 28.7 Å². The van der Waals surface area contributed by atoms with E-state index in [2.05, 4.69) is 0 Å². The molecule has 2 atom stereocenters. The first-order chi connectivity index (χ1) is 14.3. The van der Waals surface area contributed by atoms with Crippen LogP contribution in [0.1, 0.15) is 35.3 Å². The molecule has 0 spiro atoms. The van der Waals surface area contributed by atoms with Crippen molar-refractivity contribution in [3.63, 3.8) is 0 Å². The predicted molar refractivity (Wildman–Crippen MR) is 108 cm³/mol. The van der Waals surface area contributed by atoms with E-state index in [9.17, 15) is 9.90 Å². The van der Waals surface area contributed by atoms with Crippen LogP contribution in [0, 0.1) is 0 Å². The van der Waals surface area contributed by atoms with Gasteiger partial charge < -0.3 is 28.8 Å². The average molecular weight is 410 g/mol. The molecule has 156 valence electrons. The summed E-state index contributed by atoms with van der Waals surface area (Å²) in [6.45, 7) is 3.90. The number of hydrogen-bond acceptors (Lipinski definition) is 7. The highest BCUT2D eigenvalue weighted by Crippen LogP contribution is 2.51. The number of Topliss-reactive ketones (excluding diaryl/α,β-unsaturated/α-hetero) is 1. The molecule has 30 heavy (non-hydrogen) atoms. The van der Waals surface area contributed by atoms with E-state index in [-0.39, 0.29) is 12.2 Å². The average Bonchev–Trinajstić information content (AvgIpc) is 2.73. The van der Waals surface area contributed by atoms with Crippen molar-refractivity contribution in [2.75, 3.05) is 20.8 Å². The van der Waals surface area contributed by atoms with Gasteiger partial charge in [-0.05, 0) is 44.2 Å². The van der Waals surface area contributed by atoms with Crippen molar-refractivity contribution in [1.82, 2.24) is 0 Å². The molecule has 3 aliphatic heterocycles. The van der Waals surface area contributed by atoms with Gasteiger partial charge in [-0.2, -0.15) is 0 Å². The Kier molecular flexibility index (Phi) is 3.86. The van der Waals surface area contributed by atoms with Gasteiger partial charge in [-0.3, -0.25) is 4.79 Å². The monoisotopic (exact) mass is 410 g/mol. The fourth-order valence-corrected chi connectivity index (χ4v) is 4.21. The zero-order valence-electron chi connectivity index (χ0n) is 17.1. The Bertz CT molecular complexity index is 1100. The molecule has 0 saturated heterocycles. The number of rotatable bonds is 2. The Labute approximate surface area is 173 Å². The molecular formula is C23H22O7. The van der Waals surface area contributed by atoms with Gasteiger partial charge in [0.1, 0.15) is 29.5 Å². The smallest absolute Gasteiger partial charge is 0.206 e.